The van der Waals surface area contributed by atoms with Crippen molar-refractivity contribution in [3.8, 4) is 22.7 Å². The number of rotatable bonds is 7. The molecule has 3 N–H and O–H groups in total. The van der Waals surface area contributed by atoms with Gasteiger partial charge < -0.3 is 20.1 Å². The molecule has 37 heavy (non-hydrogen) atoms. The first kappa shape index (κ1) is 23.6. The fourth-order valence-electron chi connectivity index (χ4n) is 4.64. The number of morpholine rings is 1. The summed E-state index contributed by atoms with van der Waals surface area (Å²) in [5.41, 5.74) is 11.9. The zero-order chi connectivity index (χ0) is 25.6. The smallest absolute Gasteiger partial charge is 0.238 e. The first-order valence-corrected chi connectivity index (χ1v) is 13.7. The molecule has 0 amide bonds. The third-order valence-corrected chi connectivity index (χ3v) is 8.61. The van der Waals surface area contributed by atoms with Gasteiger partial charge in [0.25, 0.3) is 0 Å². The van der Waals surface area contributed by atoms with E-state index in [0.717, 1.165) is 59.8 Å². The Balaban J connectivity index is 1.36. The molecule has 2 aliphatic rings. The van der Waals surface area contributed by atoms with Crippen molar-refractivity contribution in [1.29, 1.82) is 0 Å². The number of aromatic nitrogens is 3. The Bertz CT molecular complexity index is 1560. The molecular formula is C26H28N6O4S. The van der Waals surface area contributed by atoms with E-state index in [1.54, 1.807) is 12.3 Å². The lowest BCUT2D eigenvalue weighted by molar-refractivity contribution is 0.122. The number of benzene rings is 2. The van der Waals surface area contributed by atoms with E-state index in [9.17, 15) is 8.42 Å². The number of nitrogen functional groups attached to an aromatic ring is 1. The van der Waals surface area contributed by atoms with Gasteiger partial charge in [-0.05, 0) is 60.9 Å². The third-order valence-electron chi connectivity index (χ3n) is 6.76. The van der Waals surface area contributed by atoms with Crippen molar-refractivity contribution in [2.45, 2.75) is 18.1 Å². The van der Waals surface area contributed by atoms with Crippen LogP contribution >= 0.6 is 0 Å². The number of anilines is 3. The summed E-state index contributed by atoms with van der Waals surface area (Å²) in [7, 11) is -2.00. The summed E-state index contributed by atoms with van der Waals surface area (Å²) in [6, 6.07) is 15.8. The molecule has 4 aromatic rings. The van der Waals surface area contributed by atoms with Crippen LogP contribution in [0.2, 0.25) is 0 Å². The molecule has 1 aliphatic carbocycles. The Morgan fingerprint density at radius 1 is 1.03 bits per heavy atom. The van der Waals surface area contributed by atoms with E-state index in [1.165, 1.54) is 7.11 Å². The van der Waals surface area contributed by atoms with Crippen LogP contribution in [-0.2, 0) is 14.8 Å². The van der Waals surface area contributed by atoms with Crippen LogP contribution in [0.4, 0.5) is 17.3 Å². The molecule has 1 saturated heterocycles. The van der Waals surface area contributed by atoms with Crippen molar-refractivity contribution in [3.63, 3.8) is 0 Å². The summed E-state index contributed by atoms with van der Waals surface area (Å²) >= 11 is 0. The standard InChI is InChI=1S/C26H28N6O4S/c1-35-25-23(30-37(33,34)21-7-8-21)14-18(16-28-25)17-2-9-22-24(15-17)32(26(27)29-22)20-5-3-19(4-6-20)31-10-12-36-13-11-31/h2-6,9,14-16,21,30H,7-8,10-13H2,1H3,(H2,27,29). The van der Waals surface area contributed by atoms with E-state index in [2.05, 4.69) is 31.7 Å². The molecule has 0 atom stereocenters. The van der Waals surface area contributed by atoms with Gasteiger partial charge in [-0.2, -0.15) is 0 Å². The SMILES string of the molecule is COc1ncc(-c2ccc3nc(N)n(-c4ccc(N5CCOCC5)cc4)c3c2)cc1NS(=O)(=O)C1CC1. The van der Waals surface area contributed by atoms with Crippen LogP contribution in [0.25, 0.3) is 27.8 Å². The zero-order valence-corrected chi connectivity index (χ0v) is 21.2. The van der Waals surface area contributed by atoms with Gasteiger partial charge in [-0.25, -0.2) is 18.4 Å². The predicted molar refractivity (Wildman–Crippen MR) is 144 cm³/mol. The quantitative estimate of drug-likeness (QED) is 0.380. The van der Waals surface area contributed by atoms with Gasteiger partial charge in [0.2, 0.25) is 21.9 Å². The van der Waals surface area contributed by atoms with Crippen LogP contribution < -0.4 is 20.1 Å². The van der Waals surface area contributed by atoms with Crippen molar-refractivity contribution in [2.75, 3.05) is 48.8 Å². The zero-order valence-electron chi connectivity index (χ0n) is 20.4. The maximum atomic E-state index is 12.6. The highest BCUT2D eigenvalue weighted by Crippen LogP contribution is 2.35. The lowest BCUT2D eigenvalue weighted by Gasteiger charge is -2.29. The second-order valence-electron chi connectivity index (χ2n) is 9.25. The number of sulfonamides is 1. The lowest BCUT2D eigenvalue weighted by Crippen LogP contribution is -2.36. The molecule has 10 nitrogen and oxygen atoms in total. The van der Waals surface area contributed by atoms with Crippen molar-refractivity contribution < 1.29 is 17.9 Å². The molecule has 11 heteroatoms. The highest BCUT2D eigenvalue weighted by molar-refractivity contribution is 7.93. The highest BCUT2D eigenvalue weighted by atomic mass is 32.2. The molecule has 0 bridgehead atoms. The molecule has 2 fully saturated rings. The van der Waals surface area contributed by atoms with Gasteiger partial charge in [0.05, 0.1) is 36.6 Å². The Labute approximate surface area is 215 Å². The van der Waals surface area contributed by atoms with Gasteiger partial charge in [-0.3, -0.25) is 9.29 Å². The molecule has 0 radical (unpaired) electrons. The summed E-state index contributed by atoms with van der Waals surface area (Å²) in [5.74, 6) is 0.612. The largest absolute Gasteiger partial charge is 0.480 e. The first-order chi connectivity index (χ1) is 17.9. The Morgan fingerprint density at radius 3 is 2.46 bits per heavy atom. The first-order valence-electron chi connectivity index (χ1n) is 12.2. The molecule has 0 spiro atoms. The van der Waals surface area contributed by atoms with Crippen molar-refractivity contribution in [2.24, 2.45) is 0 Å². The van der Waals surface area contributed by atoms with Gasteiger partial charge >= 0.3 is 0 Å². The number of pyridine rings is 1. The van der Waals surface area contributed by atoms with Crippen molar-refractivity contribution >= 4 is 38.4 Å². The average molecular weight is 521 g/mol. The van der Waals surface area contributed by atoms with Crippen LogP contribution in [0, 0.1) is 0 Å². The maximum Gasteiger partial charge on any atom is 0.238 e. The summed E-state index contributed by atoms with van der Waals surface area (Å²) in [5, 5.41) is -0.357. The van der Waals surface area contributed by atoms with Crippen LogP contribution in [0.3, 0.4) is 0 Å². The van der Waals surface area contributed by atoms with E-state index in [1.807, 2.05) is 34.9 Å². The fraction of sp³-hybridized carbons (Fsp3) is 0.308. The van der Waals surface area contributed by atoms with Gasteiger partial charge in [0.15, 0.2) is 0 Å². The van der Waals surface area contributed by atoms with E-state index in [0.29, 0.717) is 24.5 Å². The number of nitrogens with zero attached hydrogens (tertiary/aromatic N) is 4. The minimum Gasteiger partial charge on any atom is -0.480 e. The Hall–Kier alpha value is -3.83. The molecule has 1 aliphatic heterocycles. The summed E-state index contributed by atoms with van der Waals surface area (Å²) in [6.45, 7) is 3.20. The van der Waals surface area contributed by atoms with Gasteiger partial charge in [-0.15, -0.1) is 0 Å². The van der Waals surface area contributed by atoms with E-state index >= 15 is 0 Å². The van der Waals surface area contributed by atoms with Gasteiger partial charge in [0, 0.05) is 36.2 Å². The second kappa shape index (κ2) is 9.24. The highest BCUT2D eigenvalue weighted by Gasteiger charge is 2.36. The number of nitrogens with two attached hydrogens (primary N) is 1. The number of ether oxygens (including phenoxy) is 2. The summed E-state index contributed by atoms with van der Waals surface area (Å²) < 4.78 is 40.4. The maximum absolute atomic E-state index is 12.6. The number of hydrogen-bond donors (Lipinski definition) is 2. The average Bonchev–Trinajstić information content (AvgIpc) is 3.72. The number of imidazole rings is 1. The number of fused-ring (bicyclic) bond motifs is 1. The minimum atomic E-state index is -3.47. The minimum absolute atomic E-state index is 0.226. The van der Waals surface area contributed by atoms with Crippen LogP contribution in [0.15, 0.2) is 54.7 Å². The Morgan fingerprint density at radius 2 is 1.76 bits per heavy atom. The number of hydrogen-bond acceptors (Lipinski definition) is 8. The molecule has 1 saturated carbocycles. The summed E-state index contributed by atoms with van der Waals surface area (Å²) in [4.78, 5) is 11.2. The predicted octanol–water partition coefficient (Wildman–Crippen LogP) is 3.42. The normalized spacial score (nSPS) is 16.2. The third kappa shape index (κ3) is 4.56. The monoisotopic (exact) mass is 520 g/mol. The molecule has 0 unspecified atom stereocenters. The molecular weight excluding hydrogens is 492 g/mol. The van der Waals surface area contributed by atoms with E-state index < -0.39 is 10.0 Å². The second-order valence-corrected chi connectivity index (χ2v) is 11.2. The topological polar surface area (TPSA) is 125 Å². The van der Waals surface area contributed by atoms with Gasteiger partial charge in [0.1, 0.15) is 5.69 Å². The molecule has 2 aromatic carbocycles. The van der Waals surface area contributed by atoms with E-state index in [-0.39, 0.29) is 11.1 Å². The molecule has 6 rings (SSSR count). The van der Waals surface area contributed by atoms with Crippen molar-refractivity contribution in [1.82, 2.24) is 14.5 Å². The summed E-state index contributed by atoms with van der Waals surface area (Å²) in [6.07, 6.45) is 3.00. The van der Waals surface area contributed by atoms with E-state index in [4.69, 9.17) is 15.2 Å². The molecule has 2 aromatic heterocycles. The van der Waals surface area contributed by atoms with Crippen LogP contribution in [0.1, 0.15) is 12.8 Å². The number of methoxy groups -OCH3 is 1. The van der Waals surface area contributed by atoms with Crippen LogP contribution in [-0.4, -0.2) is 61.6 Å². The fourth-order valence-corrected chi connectivity index (χ4v) is 6.02. The lowest BCUT2D eigenvalue weighted by atomic mass is 10.1. The Kier molecular flexibility index (Phi) is 5.88. The van der Waals surface area contributed by atoms with Gasteiger partial charge in [-0.1, -0.05) is 6.07 Å². The van der Waals surface area contributed by atoms with Crippen molar-refractivity contribution in [3.05, 3.63) is 54.7 Å². The molecule has 192 valence electrons. The molecule has 3 heterocycles. The van der Waals surface area contributed by atoms with Crippen LogP contribution in [0.5, 0.6) is 5.88 Å². The number of nitrogens with one attached hydrogen (secondary N) is 1.